The zero-order valence-corrected chi connectivity index (χ0v) is 12.2. The van der Waals surface area contributed by atoms with E-state index < -0.39 is 6.10 Å². The third-order valence-corrected chi connectivity index (χ3v) is 6.22. The maximum absolute atomic E-state index is 12.3. The predicted octanol–water partition coefficient (Wildman–Crippen LogP) is 1.73. The van der Waals surface area contributed by atoms with Crippen LogP contribution in [-0.2, 0) is 14.3 Å². The van der Waals surface area contributed by atoms with Gasteiger partial charge >= 0.3 is 0 Å². The summed E-state index contributed by atoms with van der Waals surface area (Å²) in [5, 5.41) is 3.23. The van der Waals surface area contributed by atoms with Gasteiger partial charge in [-0.3, -0.25) is 4.79 Å². The van der Waals surface area contributed by atoms with Crippen LogP contribution in [0.5, 0.6) is 0 Å². The van der Waals surface area contributed by atoms with Gasteiger partial charge in [0.2, 0.25) is 0 Å². The maximum atomic E-state index is 12.3. The van der Waals surface area contributed by atoms with Gasteiger partial charge in [-0.1, -0.05) is 20.8 Å². The lowest BCUT2D eigenvalue weighted by Crippen LogP contribution is -2.52. The van der Waals surface area contributed by atoms with Gasteiger partial charge in [-0.05, 0) is 36.0 Å². The Morgan fingerprint density at radius 1 is 1.26 bits per heavy atom. The number of hydrogen-bond acceptors (Lipinski definition) is 3. The first kappa shape index (κ1) is 13.4. The third kappa shape index (κ3) is 1.91. The van der Waals surface area contributed by atoms with Crippen molar-refractivity contribution in [3.05, 3.63) is 0 Å². The SMILES string of the molecule is CC1(C)[C@H]2CC[C@@]1(C)[C@H](NC(=O)[C@@H]1COCCO1)C2. The standard InChI is InChI=1S/C15H25NO3/c1-14(2)10-4-5-15(14,3)12(8-10)16-13(17)11-9-18-6-7-19-11/h10-12H,4-9H2,1-3H3,(H,16,17)/t10-,11-,12+,15-/m0/s1. The van der Waals surface area contributed by atoms with Crippen molar-refractivity contribution in [2.45, 2.75) is 52.2 Å². The number of ether oxygens (including phenoxy) is 2. The van der Waals surface area contributed by atoms with E-state index in [0.717, 1.165) is 12.3 Å². The Kier molecular flexibility index (Phi) is 3.13. The highest BCUT2D eigenvalue weighted by Gasteiger charge is 2.61. The fourth-order valence-corrected chi connectivity index (χ4v) is 4.33. The lowest BCUT2D eigenvalue weighted by molar-refractivity contribution is -0.149. The van der Waals surface area contributed by atoms with Gasteiger partial charge in [-0.15, -0.1) is 0 Å². The van der Waals surface area contributed by atoms with Crippen molar-refractivity contribution < 1.29 is 14.3 Å². The second-order valence-corrected chi connectivity index (χ2v) is 7.11. The van der Waals surface area contributed by atoms with E-state index in [1.165, 1.54) is 12.8 Å². The lowest BCUT2D eigenvalue weighted by Gasteiger charge is -2.40. The quantitative estimate of drug-likeness (QED) is 0.829. The summed E-state index contributed by atoms with van der Waals surface area (Å²) < 4.78 is 10.8. The molecule has 108 valence electrons. The zero-order chi connectivity index (χ0) is 13.7. The highest BCUT2D eigenvalue weighted by Crippen LogP contribution is 2.65. The molecular formula is C15H25NO3. The van der Waals surface area contributed by atoms with Gasteiger partial charge < -0.3 is 14.8 Å². The molecule has 3 aliphatic rings. The minimum Gasteiger partial charge on any atom is -0.376 e. The molecule has 1 heterocycles. The summed E-state index contributed by atoms with van der Waals surface area (Å²) in [4.78, 5) is 12.3. The van der Waals surface area contributed by atoms with E-state index in [2.05, 4.69) is 26.1 Å². The summed E-state index contributed by atoms with van der Waals surface area (Å²) in [6.45, 7) is 8.56. The van der Waals surface area contributed by atoms with Gasteiger partial charge in [-0.25, -0.2) is 0 Å². The molecule has 4 atom stereocenters. The predicted molar refractivity (Wildman–Crippen MR) is 71.7 cm³/mol. The molecule has 19 heavy (non-hydrogen) atoms. The maximum Gasteiger partial charge on any atom is 0.251 e. The number of amides is 1. The molecule has 0 aromatic rings. The Bertz CT molecular complexity index is 376. The number of rotatable bonds is 2. The average Bonchev–Trinajstić information content (AvgIpc) is 2.73. The summed E-state index contributed by atoms with van der Waals surface area (Å²) in [7, 11) is 0. The van der Waals surface area contributed by atoms with Gasteiger partial charge in [0.25, 0.3) is 5.91 Å². The van der Waals surface area contributed by atoms with Gasteiger partial charge in [0.1, 0.15) is 0 Å². The molecule has 2 saturated carbocycles. The van der Waals surface area contributed by atoms with Crippen LogP contribution in [0.25, 0.3) is 0 Å². The fourth-order valence-electron chi connectivity index (χ4n) is 4.33. The monoisotopic (exact) mass is 267 g/mol. The number of fused-ring (bicyclic) bond motifs is 2. The van der Waals surface area contributed by atoms with E-state index in [4.69, 9.17) is 9.47 Å². The van der Waals surface area contributed by atoms with Gasteiger partial charge in [-0.2, -0.15) is 0 Å². The van der Waals surface area contributed by atoms with Crippen LogP contribution in [-0.4, -0.2) is 37.9 Å². The van der Waals surface area contributed by atoms with Crippen molar-refractivity contribution in [1.82, 2.24) is 5.32 Å². The summed E-state index contributed by atoms with van der Waals surface area (Å²) in [6, 6.07) is 0.291. The first-order chi connectivity index (χ1) is 8.95. The third-order valence-electron chi connectivity index (χ3n) is 6.22. The molecule has 1 aliphatic heterocycles. The highest BCUT2D eigenvalue weighted by atomic mass is 16.6. The summed E-state index contributed by atoms with van der Waals surface area (Å²) in [6.07, 6.45) is 3.22. The second-order valence-electron chi connectivity index (χ2n) is 7.11. The first-order valence-electron chi connectivity index (χ1n) is 7.45. The van der Waals surface area contributed by atoms with E-state index in [1.807, 2.05) is 0 Å². The highest BCUT2D eigenvalue weighted by molar-refractivity contribution is 5.81. The molecule has 0 radical (unpaired) electrons. The van der Waals surface area contributed by atoms with Crippen molar-refractivity contribution in [3.8, 4) is 0 Å². The van der Waals surface area contributed by atoms with Crippen LogP contribution < -0.4 is 5.32 Å². The van der Waals surface area contributed by atoms with Crippen molar-refractivity contribution >= 4 is 5.91 Å². The van der Waals surface area contributed by atoms with Crippen LogP contribution in [0.4, 0.5) is 0 Å². The Balaban J connectivity index is 1.66. The Hall–Kier alpha value is -0.610. The normalized spacial score (nSPS) is 44.3. The molecule has 2 bridgehead atoms. The van der Waals surface area contributed by atoms with Crippen molar-refractivity contribution in [1.29, 1.82) is 0 Å². The molecule has 1 saturated heterocycles. The van der Waals surface area contributed by atoms with Crippen molar-refractivity contribution in [2.75, 3.05) is 19.8 Å². The van der Waals surface area contributed by atoms with E-state index >= 15 is 0 Å². The zero-order valence-electron chi connectivity index (χ0n) is 12.2. The topological polar surface area (TPSA) is 47.6 Å². The number of carbonyl (C=O) groups excluding carboxylic acids is 1. The van der Waals surface area contributed by atoms with E-state index in [-0.39, 0.29) is 11.3 Å². The largest absolute Gasteiger partial charge is 0.376 e. The molecule has 3 fully saturated rings. The molecule has 3 rings (SSSR count). The van der Waals surface area contributed by atoms with Crippen LogP contribution in [0.1, 0.15) is 40.0 Å². The Morgan fingerprint density at radius 2 is 2.05 bits per heavy atom. The van der Waals surface area contributed by atoms with Crippen molar-refractivity contribution in [2.24, 2.45) is 16.7 Å². The van der Waals surface area contributed by atoms with Crippen LogP contribution >= 0.6 is 0 Å². The molecule has 4 nitrogen and oxygen atoms in total. The van der Waals surface area contributed by atoms with E-state index in [1.54, 1.807) is 0 Å². The minimum absolute atomic E-state index is 0.00859. The number of hydrogen-bond donors (Lipinski definition) is 1. The molecular weight excluding hydrogens is 242 g/mol. The van der Waals surface area contributed by atoms with Gasteiger partial charge in [0, 0.05) is 6.04 Å². The number of carbonyl (C=O) groups is 1. The van der Waals surface area contributed by atoms with Crippen LogP contribution in [0.2, 0.25) is 0 Å². The molecule has 1 N–H and O–H groups in total. The van der Waals surface area contributed by atoms with Crippen LogP contribution in [0.15, 0.2) is 0 Å². The van der Waals surface area contributed by atoms with E-state index in [0.29, 0.717) is 31.3 Å². The second kappa shape index (κ2) is 4.45. The molecule has 0 unspecified atom stereocenters. The van der Waals surface area contributed by atoms with Gasteiger partial charge in [0.15, 0.2) is 6.10 Å². The van der Waals surface area contributed by atoms with Crippen LogP contribution in [0, 0.1) is 16.7 Å². The minimum atomic E-state index is -0.417. The molecule has 4 heteroatoms. The molecule has 0 aromatic carbocycles. The number of nitrogens with one attached hydrogen (secondary N) is 1. The fraction of sp³-hybridized carbons (Fsp3) is 0.933. The van der Waals surface area contributed by atoms with Crippen molar-refractivity contribution in [3.63, 3.8) is 0 Å². The van der Waals surface area contributed by atoms with E-state index in [9.17, 15) is 4.79 Å². The molecule has 1 amide bonds. The molecule has 0 aromatic heterocycles. The smallest absolute Gasteiger partial charge is 0.251 e. The molecule has 2 aliphatic carbocycles. The first-order valence-corrected chi connectivity index (χ1v) is 7.45. The molecule has 0 spiro atoms. The summed E-state index contributed by atoms with van der Waals surface area (Å²) in [5.74, 6) is 0.751. The Labute approximate surface area is 115 Å². The lowest BCUT2D eigenvalue weighted by atomic mass is 9.69. The summed E-state index contributed by atoms with van der Waals surface area (Å²) in [5.41, 5.74) is 0.553. The summed E-state index contributed by atoms with van der Waals surface area (Å²) >= 11 is 0. The van der Waals surface area contributed by atoms with Crippen LogP contribution in [0.3, 0.4) is 0 Å². The Morgan fingerprint density at radius 3 is 2.58 bits per heavy atom. The van der Waals surface area contributed by atoms with Gasteiger partial charge in [0.05, 0.1) is 19.8 Å². The average molecular weight is 267 g/mol.